The Morgan fingerprint density at radius 1 is 1.32 bits per heavy atom. The number of aliphatic carboxylic acids is 1. The van der Waals surface area contributed by atoms with Crippen LogP contribution in [0.5, 0.6) is 0 Å². The van der Waals surface area contributed by atoms with Gasteiger partial charge in [-0.05, 0) is 42.0 Å². The summed E-state index contributed by atoms with van der Waals surface area (Å²) in [5.74, 6) is -0.986. The third kappa shape index (κ3) is 3.90. The standard InChI is InChI=1S/C13H14N2O3.BrH/c14-10(13(17)18)4-1-8-2-5-11-9(7-8)3-6-12(16)15-11;/h2-3,5-7,10H,1,4,14H2,(H,15,16)(H,17,18);1H/t10-;/m0./s1. The third-order valence-electron chi connectivity index (χ3n) is 2.85. The summed E-state index contributed by atoms with van der Waals surface area (Å²) in [6, 6.07) is 7.99. The number of nitrogens with two attached hydrogens (primary N) is 1. The van der Waals surface area contributed by atoms with Crippen LogP contribution >= 0.6 is 17.0 Å². The van der Waals surface area contributed by atoms with Crippen LogP contribution in [0.4, 0.5) is 0 Å². The second-order valence-corrected chi connectivity index (χ2v) is 4.23. The van der Waals surface area contributed by atoms with Gasteiger partial charge in [0.05, 0.1) is 0 Å². The van der Waals surface area contributed by atoms with Gasteiger partial charge in [-0.2, -0.15) is 0 Å². The molecule has 1 atom stereocenters. The SMILES string of the molecule is Br.N[C@@H](CCc1ccc2[nH]c(=O)ccc2c1)C(=O)O. The lowest BCUT2D eigenvalue weighted by Gasteiger charge is -2.07. The zero-order valence-corrected chi connectivity index (χ0v) is 11.8. The molecule has 1 aromatic heterocycles. The molecule has 0 spiro atoms. The fourth-order valence-corrected chi connectivity index (χ4v) is 1.80. The van der Waals surface area contributed by atoms with Crippen molar-refractivity contribution in [3.8, 4) is 0 Å². The lowest BCUT2D eigenvalue weighted by Crippen LogP contribution is -2.30. The van der Waals surface area contributed by atoms with Crippen molar-refractivity contribution in [1.82, 2.24) is 4.98 Å². The van der Waals surface area contributed by atoms with E-state index in [1.807, 2.05) is 18.2 Å². The average Bonchev–Trinajstić information content (AvgIpc) is 2.35. The number of aromatic nitrogens is 1. The highest BCUT2D eigenvalue weighted by molar-refractivity contribution is 8.93. The fourth-order valence-electron chi connectivity index (χ4n) is 1.80. The van der Waals surface area contributed by atoms with E-state index in [2.05, 4.69) is 4.98 Å². The molecule has 102 valence electrons. The first-order valence-corrected chi connectivity index (χ1v) is 5.66. The first-order valence-electron chi connectivity index (χ1n) is 5.66. The number of benzene rings is 1. The number of nitrogens with one attached hydrogen (secondary N) is 1. The molecule has 1 heterocycles. The molecular formula is C13H15BrN2O3. The molecule has 0 fully saturated rings. The van der Waals surface area contributed by atoms with Gasteiger partial charge in [0.15, 0.2) is 0 Å². The molecule has 6 heteroatoms. The quantitative estimate of drug-likeness (QED) is 0.792. The Morgan fingerprint density at radius 3 is 2.74 bits per heavy atom. The molecule has 0 unspecified atom stereocenters. The number of H-pyrrole nitrogens is 1. The number of carboxylic acid groups (broad SMARTS) is 1. The van der Waals surface area contributed by atoms with E-state index in [1.54, 1.807) is 6.07 Å². The van der Waals surface area contributed by atoms with Crippen LogP contribution in [0.3, 0.4) is 0 Å². The van der Waals surface area contributed by atoms with Gasteiger partial charge >= 0.3 is 5.97 Å². The number of aryl methyl sites for hydroxylation is 1. The number of carboxylic acids is 1. The number of rotatable bonds is 4. The predicted octanol–water partition coefficient (Wildman–Crippen LogP) is 1.45. The van der Waals surface area contributed by atoms with Gasteiger partial charge in [-0.25, -0.2) is 0 Å². The van der Waals surface area contributed by atoms with Crippen molar-refractivity contribution in [1.29, 1.82) is 0 Å². The van der Waals surface area contributed by atoms with E-state index in [1.165, 1.54) is 6.07 Å². The minimum atomic E-state index is -0.986. The van der Waals surface area contributed by atoms with Gasteiger partial charge in [-0.3, -0.25) is 9.59 Å². The van der Waals surface area contributed by atoms with Gasteiger partial charge in [0.1, 0.15) is 6.04 Å². The Labute approximate surface area is 120 Å². The largest absolute Gasteiger partial charge is 0.480 e. The maximum absolute atomic E-state index is 11.1. The Bertz CT molecular complexity index is 639. The second kappa shape index (κ2) is 6.49. The van der Waals surface area contributed by atoms with E-state index < -0.39 is 12.0 Å². The van der Waals surface area contributed by atoms with Gasteiger partial charge in [0, 0.05) is 11.6 Å². The smallest absolute Gasteiger partial charge is 0.320 e. The maximum Gasteiger partial charge on any atom is 0.320 e. The first-order chi connectivity index (χ1) is 8.56. The minimum Gasteiger partial charge on any atom is -0.480 e. The Balaban J connectivity index is 0.00000180. The Kier molecular flexibility index (Phi) is 5.26. The highest BCUT2D eigenvalue weighted by Crippen LogP contribution is 2.14. The maximum atomic E-state index is 11.1. The van der Waals surface area contributed by atoms with Gasteiger partial charge in [-0.1, -0.05) is 6.07 Å². The average molecular weight is 327 g/mol. The summed E-state index contributed by atoms with van der Waals surface area (Å²) < 4.78 is 0. The normalized spacial score (nSPS) is 11.8. The molecule has 5 nitrogen and oxygen atoms in total. The Morgan fingerprint density at radius 2 is 2.05 bits per heavy atom. The zero-order valence-electron chi connectivity index (χ0n) is 10.1. The molecule has 0 radical (unpaired) electrons. The molecule has 1 aromatic carbocycles. The lowest BCUT2D eigenvalue weighted by molar-refractivity contribution is -0.138. The van der Waals surface area contributed by atoms with Gasteiger partial charge in [0.25, 0.3) is 0 Å². The fraction of sp³-hybridized carbons (Fsp3) is 0.231. The summed E-state index contributed by atoms with van der Waals surface area (Å²) in [6.07, 6.45) is 0.993. The molecule has 0 saturated carbocycles. The molecule has 0 aliphatic heterocycles. The summed E-state index contributed by atoms with van der Waals surface area (Å²) in [4.78, 5) is 24.5. The number of aromatic amines is 1. The highest BCUT2D eigenvalue weighted by Gasteiger charge is 2.10. The highest BCUT2D eigenvalue weighted by atomic mass is 79.9. The van der Waals surface area contributed by atoms with Crippen molar-refractivity contribution >= 4 is 33.9 Å². The number of hydrogen-bond donors (Lipinski definition) is 3. The molecule has 0 aliphatic rings. The van der Waals surface area contributed by atoms with Crippen molar-refractivity contribution in [2.24, 2.45) is 5.73 Å². The number of hydrogen-bond acceptors (Lipinski definition) is 3. The van der Waals surface area contributed by atoms with Crippen molar-refractivity contribution in [3.63, 3.8) is 0 Å². The number of carbonyl (C=O) groups is 1. The topological polar surface area (TPSA) is 96.2 Å². The second-order valence-electron chi connectivity index (χ2n) is 4.23. The van der Waals surface area contributed by atoms with E-state index in [0.29, 0.717) is 12.8 Å². The first kappa shape index (κ1) is 15.4. The zero-order chi connectivity index (χ0) is 13.1. The van der Waals surface area contributed by atoms with Gasteiger partial charge < -0.3 is 15.8 Å². The van der Waals surface area contributed by atoms with Crippen molar-refractivity contribution < 1.29 is 9.90 Å². The van der Waals surface area contributed by atoms with E-state index in [0.717, 1.165) is 16.5 Å². The van der Waals surface area contributed by atoms with E-state index in [-0.39, 0.29) is 22.5 Å². The van der Waals surface area contributed by atoms with Crippen LogP contribution in [0.2, 0.25) is 0 Å². The van der Waals surface area contributed by atoms with Crippen LogP contribution in [0.15, 0.2) is 35.1 Å². The molecule has 0 amide bonds. The predicted molar refractivity (Wildman–Crippen MR) is 78.8 cm³/mol. The number of pyridine rings is 1. The molecule has 0 bridgehead atoms. The van der Waals surface area contributed by atoms with E-state index >= 15 is 0 Å². The molecule has 2 aromatic rings. The van der Waals surface area contributed by atoms with Crippen molar-refractivity contribution in [3.05, 3.63) is 46.2 Å². The monoisotopic (exact) mass is 326 g/mol. The van der Waals surface area contributed by atoms with E-state index in [9.17, 15) is 9.59 Å². The summed E-state index contributed by atoms with van der Waals surface area (Å²) in [5, 5.41) is 9.62. The van der Waals surface area contributed by atoms with Gasteiger partial charge in [-0.15, -0.1) is 17.0 Å². The summed E-state index contributed by atoms with van der Waals surface area (Å²) in [7, 11) is 0. The minimum absolute atomic E-state index is 0. The van der Waals surface area contributed by atoms with Crippen LogP contribution in [0.25, 0.3) is 10.9 Å². The van der Waals surface area contributed by atoms with Crippen LogP contribution in [-0.4, -0.2) is 22.1 Å². The molecule has 0 saturated heterocycles. The van der Waals surface area contributed by atoms with Crippen molar-refractivity contribution in [2.45, 2.75) is 18.9 Å². The molecule has 19 heavy (non-hydrogen) atoms. The van der Waals surface area contributed by atoms with E-state index in [4.69, 9.17) is 10.8 Å². The number of halogens is 1. The van der Waals surface area contributed by atoms with Crippen LogP contribution in [0.1, 0.15) is 12.0 Å². The molecule has 0 aliphatic carbocycles. The van der Waals surface area contributed by atoms with Gasteiger partial charge in [0.2, 0.25) is 5.56 Å². The summed E-state index contributed by atoms with van der Waals surface area (Å²) in [6.45, 7) is 0. The van der Waals surface area contributed by atoms with Crippen LogP contribution in [-0.2, 0) is 11.2 Å². The molecule has 2 rings (SSSR count). The van der Waals surface area contributed by atoms with Crippen LogP contribution < -0.4 is 11.3 Å². The number of fused-ring (bicyclic) bond motifs is 1. The lowest BCUT2D eigenvalue weighted by atomic mass is 10.0. The summed E-state index contributed by atoms with van der Waals surface area (Å²) in [5.41, 5.74) is 7.09. The summed E-state index contributed by atoms with van der Waals surface area (Å²) >= 11 is 0. The molecular weight excluding hydrogens is 312 g/mol. The molecule has 4 N–H and O–H groups in total. The van der Waals surface area contributed by atoms with Crippen LogP contribution in [0, 0.1) is 0 Å². The Hall–Kier alpha value is -1.66. The van der Waals surface area contributed by atoms with Crippen molar-refractivity contribution in [2.75, 3.05) is 0 Å². The third-order valence-corrected chi connectivity index (χ3v) is 2.85.